The Balaban J connectivity index is 2.81. The molecule has 1 aliphatic rings. The van der Waals surface area contributed by atoms with Gasteiger partial charge in [-0.05, 0) is 12.8 Å². The van der Waals surface area contributed by atoms with Gasteiger partial charge in [-0.2, -0.15) is 0 Å². The molecular weight excluding hydrogens is 258 g/mol. The van der Waals surface area contributed by atoms with Crippen LogP contribution in [0, 0.1) is 5.41 Å². The summed E-state index contributed by atoms with van der Waals surface area (Å²) in [5, 5.41) is 2.72. The van der Waals surface area contributed by atoms with Crippen molar-refractivity contribution in [3.63, 3.8) is 0 Å². The summed E-state index contributed by atoms with van der Waals surface area (Å²) in [7, 11) is 1.44. The van der Waals surface area contributed by atoms with E-state index < -0.39 is 11.5 Å². The second-order valence-corrected chi connectivity index (χ2v) is 5.51. The summed E-state index contributed by atoms with van der Waals surface area (Å²) in [6.07, 6.45) is 3.12. The van der Waals surface area contributed by atoms with Crippen molar-refractivity contribution in [1.82, 2.24) is 10.2 Å². The van der Waals surface area contributed by atoms with Crippen molar-refractivity contribution in [2.24, 2.45) is 11.1 Å². The van der Waals surface area contributed by atoms with Gasteiger partial charge in [0.2, 0.25) is 11.8 Å². The second kappa shape index (κ2) is 6.83. The van der Waals surface area contributed by atoms with Crippen LogP contribution in [0.15, 0.2) is 0 Å². The minimum atomic E-state index is -0.736. The Hall–Kier alpha value is -1.43. The van der Waals surface area contributed by atoms with Gasteiger partial charge in [-0.3, -0.25) is 19.3 Å². The maximum atomic E-state index is 12.5. The lowest BCUT2D eigenvalue weighted by atomic mass is 9.78. The number of carbonyl (C=O) groups is 3. The van der Waals surface area contributed by atoms with Gasteiger partial charge in [-0.1, -0.05) is 26.7 Å². The van der Waals surface area contributed by atoms with Crippen LogP contribution in [0.3, 0.4) is 0 Å². The lowest BCUT2D eigenvalue weighted by molar-refractivity contribution is -0.139. The molecule has 1 atom stereocenters. The Morgan fingerprint density at radius 1 is 1.35 bits per heavy atom. The first-order valence-corrected chi connectivity index (χ1v) is 7.23. The van der Waals surface area contributed by atoms with Crippen molar-refractivity contribution in [2.45, 2.75) is 52.0 Å². The average molecular weight is 283 g/mol. The maximum absolute atomic E-state index is 12.5. The summed E-state index contributed by atoms with van der Waals surface area (Å²) in [5.41, 5.74) is 5.19. The normalized spacial score (nSPS) is 19.6. The van der Waals surface area contributed by atoms with E-state index in [2.05, 4.69) is 5.32 Å². The van der Waals surface area contributed by atoms with E-state index in [0.717, 1.165) is 17.7 Å². The van der Waals surface area contributed by atoms with Crippen LogP contribution in [0.1, 0.15) is 46.0 Å². The first-order chi connectivity index (χ1) is 9.41. The predicted octanol–water partition coefficient (Wildman–Crippen LogP) is 0.405. The van der Waals surface area contributed by atoms with Gasteiger partial charge in [0, 0.05) is 13.6 Å². The zero-order valence-corrected chi connectivity index (χ0v) is 12.6. The third kappa shape index (κ3) is 3.17. The van der Waals surface area contributed by atoms with Crippen LogP contribution in [0.25, 0.3) is 0 Å². The molecule has 20 heavy (non-hydrogen) atoms. The van der Waals surface area contributed by atoms with Crippen molar-refractivity contribution < 1.29 is 14.4 Å². The quantitative estimate of drug-likeness (QED) is 0.662. The highest BCUT2D eigenvalue weighted by Gasteiger charge is 2.41. The van der Waals surface area contributed by atoms with Crippen LogP contribution in [-0.4, -0.2) is 42.3 Å². The van der Waals surface area contributed by atoms with E-state index in [1.54, 1.807) is 0 Å². The van der Waals surface area contributed by atoms with Crippen molar-refractivity contribution >= 4 is 17.7 Å². The van der Waals surface area contributed by atoms with Crippen molar-refractivity contribution in [1.29, 1.82) is 0 Å². The Morgan fingerprint density at radius 3 is 2.25 bits per heavy atom. The molecular formula is C14H25N3O3. The first-order valence-electron chi connectivity index (χ1n) is 7.23. The highest BCUT2D eigenvalue weighted by atomic mass is 16.2. The Labute approximate surface area is 120 Å². The van der Waals surface area contributed by atoms with Gasteiger partial charge < -0.3 is 11.1 Å². The number of likely N-dealkylation sites (tertiary alicyclic amines) is 1. The van der Waals surface area contributed by atoms with Gasteiger partial charge in [-0.25, -0.2) is 0 Å². The lowest BCUT2D eigenvalue weighted by Crippen LogP contribution is -2.51. The van der Waals surface area contributed by atoms with E-state index >= 15 is 0 Å². The van der Waals surface area contributed by atoms with Crippen molar-refractivity contribution in [2.75, 3.05) is 13.6 Å². The van der Waals surface area contributed by atoms with E-state index in [4.69, 9.17) is 5.73 Å². The number of nitrogens with two attached hydrogens (primary N) is 1. The molecule has 0 aromatic rings. The van der Waals surface area contributed by atoms with Gasteiger partial charge in [0.15, 0.2) is 0 Å². The largest absolute Gasteiger partial charge is 0.343 e. The molecule has 6 nitrogen and oxygen atoms in total. The number of likely N-dealkylation sites (N-methyl/N-ethyl adjacent to an activating group) is 1. The summed E-state index contributed by atoms with van der Waals surface area (Å²) >= 11 is 0. The smallest absolute Gasteiger partial charge is 0.252 e. The van der Waals surface area contributed by atoms with Crippen LogP contribution in [0.2, 0.25) is 0 Å². The van der Waals surface area contributed by atoms with E-state index in [0.29, 0.717) is 12.8 Å². The Morgan fingerprint density at radius 2 is 1.90 bits per heavy atom. The number of nitrogens with zero attached hydrogens (tertiary/aromatic N) is 1. The van der Waals surface area contributed by atoms with E-state index in [1.165, 1.54) is 7.05 Å². The van der Waals surface area contributed by atoms with Crippen molar-refractivity contribution in [3.8, 4) is 0 Å². The number of hydrogen-bond donors (Lipinski definition) is 2. The van der Waals surface area contributed by atoms with Gasteiger partial charge >= 0.3 is 0 Å². The molecule has 1 heterocycles. The molecule has 0 aliphatic carbocycles. The minimum absolute atomic E-state index is 0.0416. The summed E-state index contributed by atoms with van der Waals surface area (Å²) in [6, 6.07) is -0.736. The van der Waals surface area contributed by atoms with Crippen LogP contribution < -0.4 is 11.1 Å². The molecule has 3 amide bonds. The molecule has 114 valence electrons. The van der Waals surface area contributed by atoms with E-state index in [9.17, 15) is 14.4 Å². The molecule has 6 heteroatoms. The summed E-state index contributed by atoms with van der Waals surface area (Å²) in [4.78, 5) is 36.9. The molecule has 1 aliphatic heterocycles. The number of carbonyl (C=O) groups excluding carboxylic acids is 3. The third-order valence-corrected chi connectivity index (χ3v) is 4.02. The molecule has 0 spiro atoms. The molecule has 0 saturated carbocycles. The second-order valence-electron chi connectivity index (χ2n) is 5.51. The van der Waals surface area contributed by atoms with Gasteiger partial charge in [0.25, 0.3) is 5.91 Å². The summed E-state index contributed by atoms with van der Waals surface area (Å²) in [6.45, 7) is 4.27. The van der Waals surface area contributed by atoms with Crippen LogP contribution >= 0.6 is 0 Å². The molecule has 1 rings (SSSR count). The number of hydrogen-bond acceptors (Lipinski definition) is 4. The average Bonchev–Trinajstić information content (AvgIpc) is 2.66. The third-order valence-electron chi connectivity index (χ3n) is 4.02. The van der Waals surface area contributed by atoms with Crippen molar-refractivity contribution in [3.05, 3.63) is 0 Å². The molecule has 1 unspecified atom stereocenters. The SMILES string of the molecule is CCCC(CN)(CCC)C(=O)NC1CC(=O)N(C)C1=O. The van der Waals surface area contributed by atoms with Gasteiger partial charge in [0.1, 0.15) is 6.04 Å². The fourth-order valence-electron chi connectivity index (χ4n) is 2.79. The van der Waals surface area contributed by atoms with Crippen LogP contribution in [0.5, 0.6) is 0 Å². The molecule has 1 saturated heterocycles. The molecule has 0 bridgehead atoms. The van der Waals surface area contributed by atoms with E-state index in [-0.39, 0.29) is 30.7 Å². The first kappa shape index (κ1) is 16.6. The monoisotopic (exact) mass is 283 g/mol. The zero-order valence-electron chi connectivity index (χ0n) is 12.6. The molecule has 3 N–H and O–H groups in total. The minimum Gasteiger partial charge on any atom is -0.343 e. The van der Waals surface area contributed by atoms with Crippen LogP contribution in [0.4, 0.5) is 0 Å². The standard InChI is InChI=1S/C14H25N3O3/c1-4-6-14(9-15,7-5-2)13(20)16-10-8-11(18)17(3)12(10)19/h10H,4-9,15H2,1-3H3,(H,16,20). The van der Waals surface area contributed by atoms with Crippen LogP contribution in [-0.2, 0) is 14.4 Å². The predicted molar refractivity (Wildman–Crippen MR) is 75.6 cm³/mol. The Kier molecular flexibility index (Phi) is 5.68. The summed E-state index contributed by atoms with van der Waals surface area (Å²) < 4.78 is 0. The molecule has 0 radical (unpaired) electrons. The van der Waals surface area contributed by atoms with Gasteiger partial charge in [0.05, 0.1) is 11.8 Å². The van der Waals surface area contributed by atoms with Gasteiger partial charge in [-0.15, -0.1) is 0 Å². The summed E-state index contributed by atoms with van der Waals surface area (Å²) in [5.74, 6) is -0.808. The number of amides is 3. The topological polar surface area (TPSA) is 92.5 Å². The zero-order chi connectivity index (χ0) is 15.3. The Bertz CT molecular complexity index is 389. The maximum Gasteiger partial charge on any atom is 0.252 e. The molecule has 1 fully saturated rings. The fourth-order valence-corrected chi connectivity index (χ4v) is 2.79. The number of nitrogens with one attached hydrogen (secondary N) is 1. The van der Waals surface area contributed by atoms with E-state index in [1.807, 2.05) is 13.8 Å². The lowest BCUT2D eigenvalue weighted by Gasteiger charge is -2.31. The fraction of sp³-hybridized carbons (Fsp3) is 0.786. The number of imide groups is 1. The number of rotatable bonds is 7. The molecule has 0 aromatic carbocycles. The molecule has 0 aromatic heterocycles. The highest BCUT2D eigenvalue weighted by molar-refractivity contribution is 6.06. The highest BCUT2D eigenvalue weighted by Crippen LogP contribution is 2.29.